The molecule has 23 heavy (non-hydrogen) atoms. The Balaban J connectivity index is 1.72. The number of carbonyl (C=O) groups excluding carboxylic acids is 2. The zero-order valence-corrected chi connectivity index (χ0v) is 12.8. The number of nitrogens with zero attached hydrogens (tertiary/aromatic N) is 3. The predicted octanol–water partition coefficient (Wildman–Crippen LogP) is 0.322. The molecule has 1 unspecified atom stereocenters. The van der Waals surface area contributed by atoms with E-state index in [-0.39, 0.29) is 25.0 Å². The molecule has 0 bridgehead atoms. The first-order chi connectivity index (χ1) is 11.2. The number of carbonyl (C=O) groups is 2. The van der Waals surface area contributed by atoms with Crippen LogP contribution in [0.4, 0.5) is 0 Å². The van der Waals surface area contributed by atoms with Crippen molar-refractivity contribution in [2.24, 2.45) is 0 Å². The molecule has 8 heteroatoms. The van der Waals surface area contributed by atoms with Gasteiger partial charge in [0.2, 0.25) is 11.8 Å². The van der Waals surface area contributed by atoms with Crippen molar-refractivity contribution in [3.8, 4) is 0 Å². The second-order valence-electron chi connectivity index (χ2n) is 5.29. The third-order valence-corrected chi connectivity index (χ3v) is 3.73. The van der Waals surface area contributed by atoms with Crippen molar-refractivity contribution in [1.82, 2.24) is 20.0 Å². The SMILES string of the molecule is COCC(=O)N1Cc2ccnn2C(C(=O)NCc2ccco2)C1. The van der Waals surface area contributed by atoms with E-state index in [1.54, 1.807) is 40.2 Å². The van der Waals surface area contributed by atoms with Crippen LogP contribution in [0.3, 0.4) is 0 Å². The first-order valence-electron chi connectivity index (χ1n) is 7.28. The zero-order valence-electron chi connectivity index (χ0n) is 12.8. The van der Waals surface area contributed by atoms with Crippen LogP contribution < -0.4 is 5.32 Å². The average Bonchev–Trinajstić information content (AvgIpc) is 3.22. The number of nitrogens with one attached hydrogen (secondary N) is 1. The molecule has 0 aromatic carbocycles. The van der Waals surface area contributed by atoms with Crippen LogP contribution in [-0.4, -0.2) is 46.8 Å². The Bertz CT molecular complexity index is 679. The molecule has 0 aliphatic carbocycles. The maximum atomic E-state index is 12.5. The van der Waals surface area contributed by atoms with E-state index >= 15 is 0 Å². The normalized spacial score (nSPS) is 16.9. The predicted molar refractivity (Wildman–Crippen MR) is 79.1 cm³/mol. The maximum Gasteiger partial charge on any atom is 0.248 e. The number of hydrogen-bond acceptors (Lipinski definition) is 5. The van der Waals surface area contributed by atoms with Crippen LogP contribution >= 0.6 is 0 Å². The maximum absolute atomic E-state index is 12.5. The molecular weight excluding hydrogens is 300 g/mol. The van der Waals surface area contributed by atoms with E-state index in [9.17, 15) is 9.59 Å². The summed E-state index contributed by atoms with van der Waals surface area (Å²) in [7, 11) is 1.47. The van der Waals surface area contributed by atoms with Crippen LogP contribution in [-0.2, 0) is 27.4 Å². The van der Waals surface area contributed by atoms with Crippen LogP contribution in [0, 0.1) is 0 Å². The third kappa shape index (κ3) is 3.26. The van der Waals surface area contributed by atoms with Crippen LogP contribution in [0.1, 0.15) is 17.5 Å². The molecule has 8 nitrogen and oxygen atoms in total. The van der Waals surface area contributed by atoms with Gasteiger partial charge in [-0.25, -0.2) is 0 Å². The fourth-order valence-corrected chi connectivity index (χ4v) is 2.60. The Morgan fingerprint density at radius 2 is 2.35 bits per heavy atom. The highest BCUT2D eigenvalue weighted by atomic mass is 16.5. The molecule has 0 fully saturated rings. The zero-order chi connectivity index (χ0) is 16.2. The van der Waals surface area contributed by atoms with Crippen molar-refractivity contribution in [3.05, 3.63) is 42.1 Å². The number of fused-ring (bicyclic) bond motifs is 1. The standard InChI is InChI=1S/C15H18N4O4/c1-22-10-14(20)18-8-11-4-5-17-19(11)13(9-18)15(21)16-7-12-3-2-6-23-12/h2-6,13H,7-10H2,1H3,(H,16,21). The van der Waals surface area contributed by atoms with Gasteiger partial charge in [0, 0.05) is 13.3 Å². The summed E-state index contributed by atoms with van der Waals surface area (Å²) in [6, 6.07) is 4.79. The number of furan rings is 1. The van der Waals surface area contributed by atoms with Crippen molar-refractivity contribution in [1.29, 1.82) is 0 Å². The molecule has 122 valence electrons. The molecule has 2 amide bonds. The number of methoxy groups -OCH3 is 1. The highest BCUT2D eigenvalue weighted by Gasteiger charge is 2.32. The van der Waals surface area contributed by atoms with Crippen molar-refractivity contribution in [2.45, 2.75) is 19.1 Å². The van der Waals surface area contributed by atoms with Crippen LogP contribution in [0.5, 0.6) is 0 Å². The van der Waals surface area contributed by atoms with Crippen LogP contribution in [0.15, 0.2) is 35.1 Å². The quantitative estimate of drug-likeness (QED) is 0.857. The summed E-state index contributed by atoms with van der Waals surface area (Å²) in [4.78, 5) is 26.2. The lowest BCUT2D eigenvalue weighted by Gasteiger charge is -2.33. The number of ether oxygens (including phenoxy) is 1. The van der Waals surface area contributed by atoms with Crippen LogP contribution in [0.2, 0.25) is 0 Å². The van der Waals surface area contributed by atoms with E-state index in [2.05, 4.69) is 10.4 Å². The Labute approximate surface area is 133 Å². The van der Waals surface area contributed by atoms with Gasteiger partial charge in [0.15, 0.2) is 0 Å². The van der Waals surface area contributed by atoms with E-state index in [0.29, 0.717) is 18.8 Å². The van der Waals surface area contributed by atoms with Gasteiger partial charge in [0.05, 0.1) is 31.6 Å². The Hall–Kier alpha value is -2.61. The lowest BCUT2D eigenvalue weighted by molar-refractivity contribution is -0.139. The fourth-order valence-electron chi connectivity index (χ4n) is 2.60. The molecule has 0 spiro atoms. The molecule has 1 aliphatic heterocycles. The smallest absolute Gasteiger partial charge is 0.248 e. The number of rotatable bonds is 5. The summed E-state index contributed by atoms with van der Waals surface area (Å²) < 4.78 is 11.8. The molecule has 2 aromatic heterocycles. The molecule has 0 radical (unpaired) electrons. The van der Waals surface area contributed by atoms with Gasteiger partial charge in [-0.2, -0.15) is 5.10 Å². The number of amides is 2. The summed E-state index contributed by atoms with van der Waals surface area (Å²) >= 11 is 0. The Morgan fingerprint density at radius 3 is 3.09 bits per heavy atom. The van der Waals surface area contributed by atoms with E-state index < -0.39 is 6.04 Å². The first kappa shape index (κ1) is 15.3. The van der Waals surface area contributed by atoms with Gasteiger partial charge in [-0.3, -0.25) is 14.3 Å². The monoisotopic (exact) mass is 318 g/mol. The molecule has 0 saturated carbocycles. The Kier molecular flexibility index (Phi) is 4.42. The van der Waals surface area contributed by atoms with Crippen molar-refractivity contribution in [3.63, 3.8) is 0 Å². The van der Waals surface area contributed by atoms with E-state index in [4.69, 9.17) is 9.15 Å². The second kappa shape index (κ2) is 6.66. The largest absolute Gasteiger partial charge is 0.467 e. The van der Waals surface area contributed by atoms with Crippen molar-refractivity contribution in [2.75, 3.05) is 20.3 Å². The first-order valence-corrected chi connectivity index (χ1v) is 7.28. The van der Waals surface area contributed by atoms with Crippen molar-refractivity contribution >= 4 is 11.8 Å². The topological polar surface area (TPSA) is 89.6 Å². The number of hydrogen-bond donors (Lipinski definition) is 1. The minimum atomic E-state index is -0.565. The molecule has 1 atom stereocenters. The molecule has 2 aromatic rings. The minimum Gasteiger partial charge on any atom is -0.467 e. The molecule has 1 N–H and O–H groups in total. The highest BCUT2D eigenvalue weighted by molar-refractivity contribution is 5.83. The molecule has 0 saturated heterocycles. The van der Waals surface area contributed by atoms with Gasteiger partial charge >= 0.3 is 0 Å². The minimum absolute atomic E-state index is 0.00509. The molecular formula is C15H18N4O4. The van der Waals surface area contributed by atoms with E-state index in [1.165, 1.54) is 7.11 Å². The molecule has 1 aliphatic rings. The highest BCUT2D eigenvalue weighted by Crippen LogP contribution is 2.20. The van der Waals surface area contributed by atoms with Gasteiger partial charge in [0.1, 0.15) is 18.4 Å². The second-order valence-corrected chi connectivity index (χ2v) is 5.29. The van der Waals surface area contributed by atoms with Crippen molar-refractivity contribution < 1.29 is 18.7 Å². The average molecular weight is 318 g/mol. The van der Waals surface area contributed by atoms with Crippen LogP contribution in [0.25, 0.3) is 0 Å². The summed E-state index contributed by atoms with van der Waals surface area (Å²) in [5.74, 6) is 0.312. The Morgan fingerprint density at radius 1 is 1.48 bits per heavy atom. The van der Waals surface area contributed by atoms with Gasteiger partial charge in [-0.15, -0.1) is 0 Å². The molecule has 3 heterocycles. The summed E-state index contributed by atoms with van der Waals surface area (Å²) in [5, 5.41) is 7.02. The third-order valence-electron chi connectivity index (χ3n) is 3.73. The van der Waals surface area contributed by atoms with Gasteiger partial charge in [-0.05, 0) is 18.2 Å². The fraction of sp³-hybridized carbons (Fsp3) is 0.400. The molecule has 3 rings (SSSR count). The summed E-state index contributed by atoms with van der Waals surface area (Å²) in [6.45, 7) is 0.977. The van der Waals surface area contributed by atoms with Gasteiger partial charge in [0.25, 0.3) is 0 Å². The lowest BCUT2D eigenvalue weighted by Crippen LogP contribution is -2.47. The van der Waals surface area contributed by atoms with Gasteiger partial charge < -0.3 is 19.4 Å². The van der Waals surface area contributed by atoms with E-state index in [1.807, 2.05) is 0 Å². The summed E-state index contributed by atoms with van der Waals surface area (Å²) in [5.41, 5.74) is 0.818. The van der Waals surface area contributed by atoms with Gasteiger partial charge in [-0.1, -0.05) is 0 Å². The lowest BCUT2D eigenvalue weighted by atomic mass is 10.1. The summed E-state index contributed by atoms with van der Waals surface area (Å²) in [6.07, 6.45) is 3.19. The number of aromatic nitrogens is 2. The van der Waals surface area contributed by atoms with E-state index in [0.717, 1.165) is 5.69 Å².